The second-order valence-electron chi connectivity index (χ2n) is 2.67. The third kappa shape index (κ3) is 9.76. The molecule has 1 amide bonds. The van der Waals surface area contributed by atoms with Crippen LogP contribution in [-0.2, 0) is 4.79 Å². The maximum atomic E-state index is 10.3. The van der Waals surface area contributed by atoms with Crippen LogP contribution in [0.3, 0.4) is 0 Å². The van der Waals surface area contributed by atoms with Crippen LogP contribution >= 0.6 is 11.6 Å². The Kier molecular flexibility index (Phi) is 7.69. The summed E-state index contributed by atoms with van der Waals surface area (Å²) in [5, 5.41) is 0. The van der Waals surface area contributed by atoms with Gasteiger partial charge in [0.25, 0.3) is 0 Å². The van der Waals surface area contributed by atoms with Gasteiger partial charge in [-0.25, -0.2) is 0 Å². The van der Waals surface area contributed by atoms with Crippen molar-refractivity contribution in [1.29, 1.82) is 0 Å². The highest BCUT2D eigenvalue weighted by atomic mass is 35.5. The summed E-state index contributed by atoms with van der Waals surface area (Å²) in [7, 11) is 0. The fourth-order valence-corrected chi connectivity index (χ4v) is 1.11. The van der Waals surface area contributed by atoms with Gasteiger partial charge in [-0.1, -0.05) is 19.3 Å². The highest BCUT2D eigenvalue weighted by molar-refractivity contribution is 6.17. The van der Waals surface area contributed by atoms with Crippen LogP contribution in [0.4, 0.5) is 0 Å². The van der Waals surface area contributed by atoms with Crippen LogP contribution in [0, 0.1) is 0 Å². The molecule has 2 N–H and O–H groups in total. The van der Waals surface area contributed by atoms with E-state index >= 15 is 0 Å². The third-order valence-corrected chi connectivity index (χ3v) is 1.82. The van der Waals surface area contributed by atoms with Gasteiger partial charge in [-0.3, -0.25) is 4.79 Å². The first-order valence-corrected chi connectivity index (χ1v) is 4.65. The molecule has 0 aliphatic carbocycles. The number of nitrogens with two attached hydrogens (primary N) is 1. The van der Waals surface area contributed by atoms with Gasteiger partial charge in [0, 0.05) is 12.3 Å². The van der Waals surface area contributed by atoms with Gasteiger partial charge >= 0.3 is 0 Å². The van der Waals surface area contributed by atoms with Crippen molar-refractivity contribution >= 4 is 17.5 Å². The summed E-state index contributed by atoms with van der Waals surface area (Å²) >= 11 is 5.49. The van der Waals surface area contributed by atoms with Gasteiger partial charge in [-0.05, 0) is 12.8 Å². The number of hydrogen-bond donors (Lipinski definition) is 1. The fraction of sp³-hybridized carbons (Fsp3) is 0.875. The quantitative estimate of drug-likeness (QED) is 0.470. The largest absolute Gasteiger partial charge is 0.370 e. The normalized spacial score (nSPS) is 9.91. The minimum Gasteiger partial charge on any atom is -0.370 e. The standard InChI is InChI=1S/C8H16ClNO/c9-7-5-3-1-2-4-6-8(10)11/h1-7H2,(H2,10,11). The highest BCUT2D eigenvalue weighted by Crippen LogP contribution is 2.05. The summed E-state index contributed by atoms with van der Waals surface area (Å²) in [6, 6.07) is 0. The van der Waals surface area contributed by atoms with E-state index in [-0.39, 0.29) is 5.91 Å². The van der Waals surface area contributed by atoms with E-state index in [1.54, 1.807) is 0 Å². The van der Waals surface area contributed by atoms with Crippen molar-refractivity contribution in [3.8, 4) is 0 Å². The lowest BCUT2D eigenvalue weighted by atomic mass is 10.1. The Morgan fingerprint density at radius 3 is 2.18 bits per heavy atom. The van der Waals surface area contributed by atoms with E-state index < -0.39 is 0 Å². The maximum absolute atomic E-state index is 10.3. The molecule has 0 rings (SSSR count). The van der Waals surface area contributed by atoms with Crippen LogP contribution in [0.5, 0.6) is 0 Å². The molecule has 2 nitrogen and oxygen atoms in total. The summed E-state index contributed by atoms with van der Waals surface area (Å²) < 4.78 is 0. The second-order valence-corrected chi connectivity index (χ2v) is 3.05. The van der Waals surface area contributed by atoms with Gasteiger partial charge in [0.1, 0.15) is 0 Å². The van der Waals surface area contributed by atoms with Gasteiger partial charge in [-0.15, -0.1) is 11.6 Å². The predicted molar refractivity (Wildman–Crippen MR) is 47.6 cm³/mol. The molecule has 0 aromatic carbocycles. The number of carbonyl (C=O) groups is 1. The van der Waals surface area contributed by atoms with E-state index in [1.165, 1.54) is 12.8 Å². The van der Waals surface area contributed by atoms with E-state index in [0.29, 0.717) is 6.42 Å². The first-order valence-electron chi connectivity index (χ1n) is 4.11. The molecular weight excluding hydrogens is 162 g/mol. The van der Waals surface area contributed by atoms with E-state index in [9.17, 15) is 4.79 Å². The zero-order valence-electron chi connectivity index (χ0n) is 6.81. The SMILES string of the molecule is NC(=O)CCCCCCCCl. The first-order chi connectivity index (χ1) is 5.27. The predicted octanol–water partition coefficient (Wildman–Crippen LogP) is 2.05. The molecule has 0 radical (unpaired) electrons. The molecule has 0 aromatic rings. The molecule has 66 valence electrons. The topological polar surface area (TPSA) is 43.1 Å². The Balaban J connectivity index is 2.85. The average molecular weight is 178 g/mol. The lowest BCUT2D eigenvalue weighted by Gasteiger charge is -1.97. The smallest absolute Gasteiger partial charge is 0.217 e. The number of halogens is 1. The molecule has 0 aliphatic heterocycles. The van der Waals surface area contributed by atoms with E-state index in [0.717, 1.165) is 25.1 Å². The van der Waals surface area contributed by atoms with Crippen molar-refractivity contribution in [2.45, 2.75) is 38.5 Å². The minimum atomic E-state index is -0.192. The highest BCUT2D eigenvalue weighted by Gasteiger charge is 1.93. The Hall–Kier alpha value is -0.240. The number of rotatable bonds is 7. The summed E-state index contributed by atoms with van der Waals surface area (Å²) in [6.45, 7) is 0. The molecule has 0 aliphatic rings. The summed E-state index contributed by atoms with van der Waals surface area (Å²) in [5.74, 6) is 0.554. The number of amides is 1. The van der Waals surface area contributed by atoms with Crippen LogP contribution in [0.15, 0.2) is 0 Å². The molecule has 0 unspecified atom stereocenters. The number of carbonyl (C=O) groups excluding carboxylic acids is 1. The van der Waals surface area contributed by atoms with Crippen molar-refractivity contribution in [3.63, 3.8) is 0 Å². The Bertz CT molecular complexity index is 106. The number of primary amides is 1. The molecule has 0 spiro atoms. The molecule has 0 saturated heterocycles. The van der Waals surface area contributed by atoms with Crippen LogP contribution in [-0.4, -0.2) is 11.8 Å². The number of alkyl halides is 1. The molecule has 3 heteroatoms. The van der Waals surface area contributed by atoms with E-state index in [1.807, 2.05) is 0 Å². The minimum absolute atomic E-state index is 0.192. The van der Waals surface area contributed by atoms with Crippen molar-refractivity contribution in [2.75, 3.05) is 5.88 Å². The van der Waals surface area contributed by atoms with E-state index in [4.69, 9.17) is 17.3 Å². The Morgan fingerprint density at radius 1 is 1.09 bits per heavy atom. The average Bonchev–Trinajstić information content (AvgIpc) is 1.96. The monoisotopic (exact) mass is 177 g/mol. The van der Waals surface area contributed by atoms with Gasteiger partial charge in [0.2, 0.25) is 5.91 Å². The molecule has 0 saturated carbocycles. The van der Waals surface area contributed by atoms with Gasteiger partial charge in [0.05, 0.1) is 0 Å². The van der Waals surface area contributed by atoms with Gasteiger partial charge < -0.3 is 5.73 Å². The van der Waals surface area contributed by atoms with Crippen molar-refractivity contribution in [3.05, 3.63) is 0 Å². The van der Waals surface area contributed by atoms with Crippen LogP contribution in [0.25, 0.3) is 0 Å². The Morgan fingerprint density at radius 2 is 1.64 bits per heavy atom. The molecule has 11 heavy (non-hydrogen) atoms. The van der Waals surface area contributed by atoms with Gasteiger partial charge in [-0.2, -0.15) is 0 Å². The zero-order valence-corrected chi connectivity index (χ0v) is 7.57. The van der Waals surface area contributed by atoms with Crippen LogP contribution in [0.2, 0.25) is 0 Å². The Labute approximate surface area is 73.1 Å². The summed E-state index contributed by atoms with van der Waals surface area (Å²) in [6.07, 6.45) is 5.97. The second kappa shape index (κ2) is 7.86. The van der Waals surface area contributed by atoms with Crippen molar-refractivity contribution in [2.24, 2.45) is 5.73 Å². The molecule has 0 heterocycles. The molecule has 0 fully saturated rings. The first kappa shape index (κ1) is 10.8. The van der Waals surface area contributed by atoms with Gasteiger partial charge in [0.15, 0.2) is 0 Å². The summed E-state index contributed by atoms with van der Waals surface area (Å²) in [4.78, 5) is 10.3. The molecule has 0 aromatic heterocycles. The van der Waals surface area contributed by atoms with Crippen molar-refractivity contribution < 1.29 is 4.79 Å². The van der Waals surface area contributed by atoms with Crippen LogP contribution in [0.1, 0.15) is 38.5 Å². The fourth-order valence-electron chi connectivity index (χ4n) is 0.924. The lowest BCUT2D eigenvalue weighted by molar-refractivity contribution is -0.118. The molecular formula is C8H16ClNO. The zero-order chi connectivity index (χ0) is 8.53. The summed E-state index contributed by atoms with van der Waals surface area (Å²) in [5.41, 5.74) is 4.97. The number of unbranched alkanes of at least 4 members (excludes halogenated alkanes) is 4. The molecule has 0 atom stereocenters. The van der Waals surface area contributed by atoms with Crippen LogP contribution < -0.4 is 5.73 Å². The molecule has 0 bridgehead atoms. The third-order valence-electron chi connectivity index (χ3n) is 1.56. The number of hydrogen-bond acceptors (Lipinski definition) is 1. The maximum Gasteiger partial charge on any atom is 0.217 e. The van der Waals surface area contributed by atoms with Crippen molar-refractivity contribution in [1.82, 2.24) is 0 Å². The van der Waals surface area contributed by atoms with E-state index in [2.05, 4.69) is 0 Å². The lowest BCUT2D eigenvalue weighted by Crippen LogP contribution is -2.09.